The van der Waals surface area contributed by atoms with Crippen LogP contribution in [-0.2, 0) is 19.1 Å². The van der Waals surface area contributed by atoms with Crippen LogP contribution in [-0.4, -0.2) is 34.6 Å². The molecular weight excluding hydrogens is 262 g/mol. The molecule has 0 unspecified atom stereocenters. The molecule has 0 spiro atoms. The minimum Gasteiger partial charge on any atom is -0.480 e. The van der Waals surface area contributed by atoms with Gasteiger partial charge in [0.15, 0.2) is 0 Å². The number of rotatable bonds is 7. The molecule has 112 valence electrons. The molecule has 2 N–H and O–H groups in total. The van der Waals surface area contributed by atoms with Crippen molar-refractivity contribution >= 4 is 17.8 Å². The van der Waals surface area contributed by atoms with Crippen LogP contribution < -0.4 is 5.32 Å². The van der Waals surface area contributed by atoms with Crippen LogP contribution in [0.25, 0.3) is 0 Å². The number of carboxylic acids is 1. The predicted molar refractivity (Wildman–Crippen MR) is 72.7 cm³/mol. The zero-order valence-corrected chi connectivity index (χ0v) is 12.1. The van der Waals surface area contributed by atoms with Crippen molar-refractivity contribution in [1.82, 2.24) is 5.32 Å². The van der Waals surface area contributed by atoms with E-state index in [2.05, 4.69) is 11.2 Å². The number of ether oxygens (including phenoxy) is 1. The zero-order chi connectivity index (χ0) is 15.8. The summed E-state index contributed by atoms with van der Waals surface area (Å²) in [7, 11) is 0. The molecule has 6 heteroatoms. The lowest BCUT2D eigenvalue weighted by Gasteiger charge is -2.20. The fourth-order valence-electron chi connectivity index (χ4n) is 1.36. The van der Waals surface area contributed by atoms with Gasteiger partial charge in [-0.25, -0.2) is 4.79 Å². The summed E-state index contributed by atoms with van der Waals surface area (Å²) in [5.74, 6) is 0.159. The SMILES string of the molecule is C#CCCC(=O)N[C@H](CCC(=O)OC(C)(C)C)C(=O)O. The lowest BCUT2D eigenvalue weighted by Crippen LogP contribution is -2.41. The lowest BCUT2D eigenvalue weighted by molar-refractivity contribution is -0.155. The molecule has 6 nitrogen and oxygen atoms in total. The molecule has 0 aliphatic heterocycles. The lowest BCUT2D eigenvalue weighted by atomic mass is 10.1. The van der Waals surface area contributed by atoms with Crippen LogP contribution in [0.1, 0.15) is 46.5 Å². The molecule has 0 bridgehead atoms. The van der Waals surface area contributed by atoms with Crippen molar-refractivity contribution in [2.75, 3.05) is 0 Å². The molecular formula is C14H21NO5. The molecule has 0 heterocycles. The van der Waals surface area contributed by atoms with Crippen LogP contribution in [0.4, 0.5) is 0 Å². The molecule has 0 saturated carbocycles. The van der Waals surface area contributed by atoms with Gasteiger partial charge in [0, 0.05) is 19.3 Å². The Bertz CT molecular complexity index is 403. The van der Waals surface area contributed by atoms with Gasteiger partial charge >= 0.3 is 11.9 Å². The van der Waals surface area contributed by atoms with Gasteiger partial charge in [0.1, 0.15) is 11.6 Å². The molecule has 0 saturated heterocycles. The maximum atomic E-state index is 11.5. The molecule has 0 radical (unpaired) electrons. The maximum Gasteiger partial charge on any atom is 0.326 e. The first-order valence-corrected chi connectivity index (χ1v) is 6.33. The smallest absolute Gasteiger partial charge is 0.326 e. The van der Waals surface area contributed by atoms with Gasteiger partial charge < -0.3 is 15.2 Å². The summed E-state index contributed by atoms with van der Waals surface area (Å²) in [5, 5.41) is 11.3. The number of esters is 1. The Balaban J connectivity index is 4.29. The topological polar surface area (TPSA) is 92.7 Å². The molecule has 0 aromatic rings. The van der Waals surface area contributed by atoms with Crippen molar-refractivity contribution < 1.29 is 24.2 Å². The number of terminal acetylenes is 1. The monoisotopic (exact) mass is 283 g/mol. The Hall–Kier alpha value is -2.03. The third kappa shape index (κ3) is 8.97. The number of aliphatic carboxylic acids is 1. The second-order valence-electron chi connectivity index (χ2n) is 5.29. The van der Waals surface area contributed by atoms with Crippen LogP contribution in [0, 0.1) is 12.3 Å². The highest BCUT2D eigenvalue weighted by Crippen LogP contribution is 2.10. The highest BCUT2D eigenvalue weighted by Gasteiger charge is 2.23. The first-order chi connectivity index (χ1) is 9.15. The van der Waals surface area contributed by atoms with Gasteiger partial charge in [-0.05, 0) is 27.2 Å². The van der Waals surface area contributed by atoms with Crippen LogP contribution in [0.3, 0.4) is 0 Å². The predicted octanol–water partition coefficient (Wildman–Crippen LogP) is 1.09. The van der Waals surface area contributed by atoms with Gasteiger partial charge in [-0.15, -0.1) is 12.3 Å². The normalized spacial score (nSPS) is 12.1. The molecule has 20 heavy (non-hydrogen) atoms. The van der Waals surface area contributed by atoms with Gasteiger partial charge in [0.25, 0.3) is 0 Å². The quantitative estimate of drug-likeness (QED) is 0.539. The van der Waals surface area contributed by atoms with E-state index >= 15 is 0 Å². The van der Waals surface area contributed by atoms with E-state index < -0.39 is 29.5 Å². The Morgan fingerprint density at radius 1 is 1.30 bits per heavy atom. The van der Waals surface area contributed by atoms with E-state index in [0.717, 1.165) is 0 Å². The Kier molecular flexibility index (Phi) is 7.37. The van der Waals surface area contributed by atoms with Crippen molar-refractivity contribution in [3.8, 4) is 12.3 Å². The molecule has 1 amide bonds. The van der Waals surface area contributed by atoms with E-state index in [-0.39, 0.29) is 25.7 Å². The van der Waals surface area contributed by atoms with Crippen LogP contribution in [0.2, 0.25) is 0 Å². The first kappa shape index (κ1) is 18.0. The molecule has 0 fully saturated rings. The number of carbonyl (C=O) groups excluding carboxylic acids is 2. The molecule has 0 aliphatic rings. The minimum absolute atomic E-state index is 0.0218. The van der Waals surface area contributed by atoms with E-state index in [1.165, 1.54) is 0 Å². The third-order valence-electron chi connectivity index (χ3n) is 2.19. The summed E-state index contributed by atoms with van der Waals surface area (Å²) < 4.78 is 5.07. The molecule has 0 aromatic carbocycles. The van der Waals surface area contributed by atoms with Crippen LogP contribution in [0.5, 0.6) is 0 Å². The standard InChI is InChI=1S/C14H21NO5/c1-5-6-7-11(16)15-10(13(18)19)8-9-12(17)20-14(2,3)4/h1,10H,6-9H2,2-4H3,(H,15,16)(H,18,19)/t10-/m1/s1. The summed E-state index contributed by atoms with van der Waals surface area (Å²) >= 11 is 0. The second kappa shape index (κ2) is 8.20. The first-order valence-electron chi connectivity index (χ1n) is 6.33. The van der Waals surface area contributed by atoms with E-state index in [1.807, 2.05) is 0 Å². The summed E-state index contributed by atoms with van der Waals surface area (Å²) in [6, 6.07) is -1.12. The summed E-state index contributed by atoms with van der Waals surface area (Å²) in [4.78, 5) is 33.9. The Morgan fingerprint density at radius 2 is 1.90 bits per heavy atom. The largest absolute Gasteiger partial charge is 0.480 e. The van der Waals surface area contributed by atoms with E-state index in [0.29, 0.717) is 0 Å². The van der Waals surface area contributed by atoms with E-state index in [9.17, 15) is 14.4 Å². The van der Waals surface area contributed by atoms with Gasteiger partial charge in [0.05, 0.1) is 0 Å². The minimum atomic E-state index is -1.19. The summed E-state index contributed by atoms with van der Waals surface area (Å²) in [6.45, 7) is 5.17. The maximum absolute atomic E-state index is 11.5. The van der Waals surface area contributed by atoms with Gasteiger partial charge in [-0.1, -0.05) is 0 Å². The van der Waals surface area contributed by atoms with Gasteiger partial charge in [-0.2, -0.15) is 0 Å². The number of nitrogens with one attached hydrogen (secondary N) is 1. The fraction of sp³-hybridized carbons (Fsp3) is 0.643. The van der Waals surface area contributed by atoms with Crippen molar-refractivity contribution in [2.24, 2.45) is 0 Å². The zero-order valence-electron chi connectivity index (χ0n) is 12.1. The van der Waals surface area contributed by atoms with Crippen LogP contribution >= 0.6 is 0 Å². The second-order valence-corrected chi connectivity index (χ2v) is 5.29. The number of carbonyl (C=O) groups is 3. The Labute approximate surface area is 118 Å². The van der Waals surface area contributed by atoms with E-state index in [1.54, 1.807) is 20.8 Å². The highest BCUT2D eigenvalue weighted by molar-refractivity contribution is 5.84. The van der Waals surface area contributed by atoms with Crippen molar-refractivity contribution in [3.63, 3.8) is 0 Å². The summed E-state index contributed by atoms with van der Waals surface area (Å²) in [6.07, 6.45) is 5.22. The number of amides is 1. The van der Waals surface area contributed by atoms with Crippen molar-refractivity contribution in [3.05, 3.63) is 0 Å². The number of carboxylic acid groups (broad SMARTS) is 1. The van der Waals surface area contributed by atoms with E-state index in [4.69, 9.17) is 16.3 Å². The average molecular weight is 283 g/mol. The average Bonchev–Trinajstić information content (AvgIpc) is 2.29. The Morgan fingerprint density at radius 3 is 2.35 bits per heavy atom. The van der Waals surface area contributed by atoms with Crippen LogP contribution in [0.15, 0.2) is 0 Å². The number of hydrogen-bond donors (Lipinski definition) is 2. The molecule has 0 rings (SSSR count). The fourth-order valence-corrected chi connectivity index (χ4v) is 1.36. The van der Waals surface area contributed by atoms with Gasteiger partial charge in [0.2, 0.25) is 5.91 Å². The molecule has 1 atom stereocenters. The highest BCUT2D eigenvalue weighted by atomic mass is 16.6. The molecule has 0 aromatic heterocycles. The van der Waals surface area contributed by atoms with Crippen molar-refractivity contribution in [1.29, 1.82) is 0 Å². The van der Waals surface area contributed by atoms with Crippen molar-refractivity contribution in [2.45, 2.75) is 58.1 Å². The third-order valence-corrected chi connectivity index (χ3v) is 2.19. The van der Waals surface area contributed by atoms with Gasteiger partial charge in [-0.3, -0.25) is 9.59 Å². The molecule has 0 aliphatic carbocycles. The summed E-state index contributed by atoms with van der Waals surface area (Å²) in [5.41, 5.74) is -0.619. The number of hydrogen-bond acceptors (Lipinski definition) is 4.